The van der Waals surface area contributed by atoms with Crippen LogP contribution in [0.3, 0.4) is 0 Å². The van der Waals surface area contributed by atoms with Gasteiger partial charge >= 0.3 is 23.9 Å². The number of carbonyl (C=O) groups is 4. The number of rotatable bonds is 30. The molecule has 0 heterocycles. The Morgan fingerprint density at radius 1 is 0.475 bits per heavy atom. The van der Waals surface area contributed by atoms with Crippen molar-refractivity contribution in [1.82, 2.24) is 0 Å². The van der Waals surface area contributed by atoms with Crippen LogP contribution >= 0.6 is 0 Å². The summed E-state index contributed by atoms with van der Waals surface area (Å²) >= 11 is 0. The Labute approximate surface area is 357 Å². The fourth-order valence-corrected chi connectivity index (χ4v) is 5.90. The Morgan fingerprint density at radius 2 is 0.820 bits per heavy atom. The summed E-state index contributed by atoms with van der Waals surface area (Å²) < 4.78 is 76.2. The van der Waals surface area contributed by atoms with Crippen molar-refractivity contribution in [3.63, 3.8) is 0 Å². The highest BCUT2D eigenvalue weighted by atomic mass is 19.2. The van der Waals surface area contributed by atoms with Gasteiger partial charge in [-0.15, -0.1) is 0 Å². The van der Waals surface area contributed by atoms with Gasteiger partial charge in [0, 0.05) is 17.2 Å². The summed E-state index contributed by atoms with van der Waals surface area (Å²) in [5, 5.41) is 0. The van der Waals surface area contributed by atoms with Gasteiger partial charge in [-0.2, -0.15) is 8.78 Å². The second-order valence-electron chi connectivity index (χ2n) is 14.8. The van der Waals surface area contributed by atoms with Crippen molar-refractivity contribution in [3.05, 3.63) is 107 Å². The molecular formula is C48H59F3O10. The van der Waals surface area contributed by atoms with Crippen molar-refractivity contribution in [2.75, 3.05) is 26.4 Å². The highest BCUT2D eigenvalue weighted by Gasteiger charge is 2.26. The van der Waals surface area contributed by atoms with Crippen molar-refractivity contribution >= 4 is 23.9 Å². The zero-order valence-electron chi connectivity index (χ0n) is 35.5. The van der Waals surface area contributed by atoms with E-state index in [9.17, 15) is 32.3 Å². The van der Waals surface area contributed by atoms with Crippen LogP contribution in [0, 0.1) is 17.5 Å². The van der Waals surface area contributed by atoms with Crippen LogP contribution in [0.25, 0.3) is 0 Å². The second-order valence-corrected chi connectivity index (χ2v) is 14.8. The van der Waals surface area contributed by atoms with E-state index < -0.39 is 40.9 Å². The minimum absolute atomic E-state index is 0.00939. The second kappa shape index (κ2) is 28.0. The zero-order valence-corrected chi connectivity index (χ0v) is 35.5. The topological polar surface area (TPSA) is 124 Å². The summed E-state index contributed by atoms with van der Waals surface area (Å²) in [6.07, 6.45) is 16.0. The molecule has 0 aliphatic carbocycles. The molecule has 10 nitrogen and oxygen atoms in total. The standard InChI is InChI=1S/C48H59F3O10/c1-34(2)45(52)58-31-19-15-11-7-5-9-13-17-29-56-38-25-21-36(22-26-38)47(54)60-41-33-40(49)44(43(51)42(41)50)61-48(55)37-23-27-39(28-24-37)57-30-18-14-10-6-8-12-16-20-32-59-46(53)35(3)4/h21-28,33H,1,3,5-20,29-32H2,2,4H3. The first-order valence-electron chi connectivity index (χ1n) is 21.1. The average Bonchev–Trinajstić information content (AvgIpc) is 3.24. The van der Waals surface area contributed by atoms with Gasteiger partial charge in [0.2, 0.25) is 17.4 Å². The van der Waals surface area contributed by atoms with Gasteiger partial charge in [-0.1, -0.05) is 90.2 Å². The Hall–Kier alpha value is -5.59. The summed E-state index contributed by atoms with van der Waals surface area (Å²) in [4.78, 5) is 48.1. The van der Waals surface area contributed by atoms with E-state index >= 15 is 0 Å². The molecule has 0 aromatic heterocycles. The number of ether oxygens (including phenoxy) is 6. The lowest BCUT2D eigenvalue weighted by Crippen LogP contribution is -2.14. The molecule has 3 aromatic rings. The summed E-state index contributed by atoms with van der Waals surface area (Å²) in [6, 6.07) is 12.0. The van der Waals surface area contributed by atoms with E-state index in [1.165, 1.54) is 48.5 Å². The normalized spacial score (nSPS) is 10.8. The van der Waals surface area contributed by atoms with Crippen molar-refractivity contribution in [2.45, 2.75) is 117 Å². The molecule has 0 bridgehead atoms. The SMILES string of the molecule is C=C(C)C(=O)OCCCCCCCCCCOc1ccc(C(=O)Oc2cc(F)c(OC(=O)c3ccc(OCCCCCCCCCCOC(=O)C(=C)C)cc3)c(F)c2F)cc1. The number of carbonyl (C=O) groups excluding carboxylic acids is 4. The predicted octanol–water partition coefficient (Wildman–Crippen LogP) is 11.8. The smallest absolute Gasteiger partial charge is 0.343 e. The quantitative estimate of drug-likeness (QED) is 0.0210. The number of unbranched alkanes of at least 4 members (excludes halogenated alkanes) is 14. The van der Waals surface area contributed by atoms with E-state index in [0.717, 1.165) is 103 Å². The molecule has 13 heteroatoms. The molecular weight excluding hydrogens is 794 g/mol. The zero-order chi connectivity index (χ0) is 44.4. The maximum Gasteiger partial charge on any atom is 0.343 e. The minimum atomic E-state index is -1.83. The summed E-state index contributed by atoms with van der Waals surface area (Å²) in [5.74, 6) is -9.17. The van der Waals surface area contributed by atoms with Crippen molar-refractivity contribution in [2.24, 2.45) is 0 Å². The molecule has 0 saturated carbocycles. The van der Waals surface area contributed by atoms with Gasteiger partial charge < -0.3 is 28.4 Å². The minimum Gasteiger partial charge on any atom is -0.494 e. The average molecular weight is 853 g/mol. The van der Waals surface area contributed by atoms with Gasteiger partial charge in [-0.3, -0.25) is 0 Å². The fraction of sp³-hybridized carbons (Fsp3) is 0.458. The third-order valence-corrected chi connectivity index (χ3v) is 9.44. The first-order valence-corrected chi connectivity index (χ1v) is 21.1. The molecule has 0 aliphatic heterocycles. The molecule has 0 N–H and O–H groups in total. The van der Waals surface area contributed by atoms with E-state index in [1.807, 2.05) is 0 Å². The van der Waals surface area contributed by atoms with Crippen molar-refractivity contribution < 1.29 is 60.8 Å². The Morgan fingerprint density at radius 3 is 1.20 bits per heavy atom. The van der Waals surface area contributed by atoms with Crippen LogP contribution in [0.4, 0.5) is 13.2 Å². The molecule has 61 heavy (non-hydrogen) atoms. The van der Waals surface area contributed by atoms with Crippen LogP contribution in [-0.4, -0.2) is 50.3 Å². The maximum absolute atomic E-state index is 14.9. The van der Waals surface area contributed by atoms with Crippen LogP contribution in [0.2, 0.25) is 0 Å². The molecule has 0 unspecified atom stereocenters. The van der Waals surface area contributed by atoms with Crippen LogP contribution in [0.5, 0.6) is 23.0 Å². The summed E-state index contributed by atoms with van der Waals surface area (Å²) in [7, 11) is 0. The van der Waals surface area contributed by atoms with Crippen LogP contribution < -0.4 is 18.9 Å². The van der Waals surface area contributed by atoms with Crippen molar-refractivity contribution in [1.29, 1.82) is 0 Å². The molecule has 0 radical (unpaired) electrons. The van der Waals surface area contributed by atoms with Crippen LogP contribution in [0.15, 0.2) is 78.9 Å². The third kappa shape index (κ3) is 19.1. The Kier molecular flexibility index (Phi) is 22.9. The molecule has 0 saturated heterocycles. The lowest BCUT2D eigenvalue weighted by molar-refractivity contribution is -0.139. The van der Waals surface area contributed by atoms with Gasteiger partial charge in [-0.25, -0.2) is 23.6 Å². The van der Waals surface area contributed by atoms with Crippen molar-refractivity contribution in [3.8, 4) is 23.0 Å². The lowest BCUT2D eigenvalue weighted by atomic mass is 10.1. The van der Waals surface area contributed by atoms with Crippen LogP contribution in [-0.2, 0) is 19.1 Å². The Bertz CT molecular complexity index is 1880. The molecule has 3 rings (SSSR count). The largest absolute Gasteiger partial charge is 0.494 e. The highest BCUT2D eigenvalue weighted by molar-refractivity contribution is 5.92. The number of halogens is 3. The summed E-state index contributed by atoms with van der Waals surface area (Å²) in [5.41, 5.74) is 0.747. The highest BCUT2D eigenvalue weighted by Crippen LogP contribution is 2.32. The van der Waals surface area contributed by atoms with E-state index in [-0.39, 0.29) is 23.1 Å². The first kappa shape index (κ1) is 49.8. The molecule has 0 aliphatic rings. The number of hydrogen-bond acceptors (Lipinski definition) is 10. The lowest BCUT2D eigenvalue weighted by Gasteiger charge is -2.12. The molecule has 0 amide bonds. The van der Waals surface area contributed by atoms with E-state index in [1.54, 1.807) is 13.8 Å². The van der Waals surface area contributed by atoms with Crippen LogP contribution in [0.1, 0.15) is 137 Å². The van der Waals surface area contributed by atoms with E-state index in [4.69, 9.17) is 28.4 Å². The van der Waals surface area contributed by atoms with Gasteiger partial charge in [-0.05, 0) is 88.1 Å². The van der Waals surface area contributed by atoms with E-state index in [2.05, 4.69) is 13.2 Å². The monoisotopic (exact) mass is 852 g/mol. The molecule has 0 atom stereocenters. The van der Waals surface area contributed by atoms with Gasteiger partial charge in [0.05, 0.1) is 37.6 Å². The maximum atomic E-state index is 14.9. The first-order chi connectivity index (χ1) is 29.4. The van der Waals surface area contributed by atoms with Gasteiger partial charge in [0.1, 0.15) is 11.5 Å². The van der Waals surface area contributed by atoms with Gasteiger partial charge in [0.25, 0.3) is 0 Å². The van der Waals surface area contributed by atoms with E-state index in [0.29, 0.717) is 55.1 Å². The predicted molar refractivity (Wildman–Crippen MR) is 226 cm³/mol. The Balaban J connectivity index is 1.31. The third-order valence-electron chi connectivity index (χ3n) is 9.44. The molecule has 0 fully saturated rings. The molecule has 0 spiro atoms. The molecule has 3 aromatic carbocycles. The number of hydrogen-bond donors (Lipinski definition) is 0. The fourth-order valence-electron chi connectivity index (χ4n) is 5.90. The molecule has 332 valence electrons. The summed E-state index contributed by atoms with van der Waals surface area (Å²) in [6.45, 7) is 12.1. The number of esters is 4. The van der Waals surface area contributed by atoms with Gasteiger partial charge in [0.15, 0.2) is 11.6 Å². The number of benzene rings is 3.